The third-order valence-corrected chi connectivity index (χ3v) is 8.44. The van der Waals surface area contributed by atoms with Gasteiger partial charge in [-0.1, -0.05) is 39.8 Å². The molecule has 0 radical (unpaired) electrons. The Bertz CT molecular complexity index is 749. The normalized spacial score (nSPS) is 40.0. The molecule has 3 fully saturated rings. The van der Waals surface area contributed by atoms with Crippen LogP contribution in [0, 0.1) is 34.5 Å². The number of hydrogen-bond donors (Lipinski definition) is 1. The highest BCUT2D eigenvalue weighted by Gasteiger charge is 2.72. The van der Waals surface area contributed by atoms with Gasteiger partial charge in [0.1, 0.15) is 11.9 Å². The summed E-state index contributed by atoms with van der Waals surface area (Å²) in [6.07, 6.45) is 8.34. The SMILES string of the molecule is CC(C)[C@@H]1CC[C@]2(C)[C@H]3CC[C@]2(C)[C@H](OC(=O)/C=C/c2ccc(O)cc2)[C@@H]13. The first-order valence-corrected chi connectivity index (χ1v) is 10.4. The van der Waals surface area contributed by atoms with Gasteiger partial charge in [-0.05, 0) is 72.6 Å². The molecule has 3 aliphatic carbocycles. The van der Waals surface area contributed by atoms with Crippen LogP contribution in [0.5, 0.6) is 5.75 Å². The second kappa shape index (κ2) is 6.39. The van der Waals surface area contributed by atoms with E-state index in [-0.39, 0.29) is 23.2 Å². The maximum atomic E-state index is 12.7. The van der Waals surface area contributed by atoms with E-state index in [4.69, 9.17) is 4.74 Å². The summed E-state index contributed by atoms with van der Waals surface area (Å²) in [6, 6.07) is 6.83. The quantitative estimate of drug-likeness (QED) is 0.569. The molecule has 146 valence electrons. The van der Waals surface area contributed by atoms with Crippen molar-refractivity contribution in [2.45, 2.75) is 59.5 Å². The Balaban J connectivity index is 1.55. The van der Waals surface area contributed by atoms with Gasteiger partial charge in [0.15, 0.2) is 0 Å². The summed E-state index contributed by atoms with van der Waals surface area (Å²) in [4.78, 5) is 12.7. The predicted octanol–water partition coefficient (Wildman–Crippen LogP) is 5.44. The van der Waals surface area contributed by atoms with Gasteiger partial charge >= 0.3 is 5.97 Å². The number of ether oxygens (including phenoxy) is 1. The summed E-state index contributed by atoms with van der Waals surface area (Å²) in [5.41, 5.74) is 1.30. The topological polar surface area (TPSA) is 46.5 Å². The molecular weight excluding hydrogens is 336 g/mol. The molecule has 4 bridgehead atoms. The lowest BCUT2D eigenvalue weighted by Crippen LogP contribution is -2.42. The first kappa shape index (κ1) is 18.6. The van der Waals surface area contributed by atoms with E-state index in [0.29, 0.717) is 29.1 Å². The average Bonchev–Trinajstić information content (AvgIpc) is 2.95. The summed E-state index contributed by atoms with van der Waals surface area (Å²) < 4.78 is 6.18. The van der Waals surface area contributed by atoms with Gasteiger partial charge in [-0.3, -0.25) is 0 Å². The minimum absolute atomic E-state index is 0.0353. The number of carbonyl (C=O) groups is 1. The Kier molecular flexibility index (Phi) is 4.40. The molecule has 0 aliphatic heterocycles. The van der Waals surface area contributed by atoms with Gasteiger partial charge in [0, 0.05) is 17.4 Å². The molecule has 1 N–H and O–H groups in total. The van der Waals surface area contributed by atoms with E-state index in [1.807, 2.05) is 0 Å². The maximum absolute atomic E-state index is 12.7. The molecule has 3 nitrogen and oxygen atoms in total. The Labute approximate surface area is 162 Å². The summed E-state index contributed by atoms with van der Waals surface area (Å²) in [6.45, 7) is 9.47. The summed E-state index contributed by atoms with van der Waals surface area (Å²) in [7, 11) is 0. The van der Waals surface area contributed by atoms with Crippen LogP contribution in [0.4, 0.5) is 0 Å². The van der Waals surface area contributed by atoms with Crippen molar-refractivity contribution in [1.29, 1.82) is 0 Å². The van der Waals surface area contributed by atoms with E-state index < -0.39 is 0 Å². The van der Waals surface area contributed by atoms with Gasteiger partial charge in [-0.2, -0.15) is 0 Å². The van der Waals surface area contributed by atoms with Crippen LogP contribution >= 0.6 is 0 Å². The van der Waals surface area contributed by atoms with Crippen molar-refractivity contribution in [2.24, 2.45) is 34.5 Å². The smallest absolute Gasteiger partial charge is 0.331 e. The van der Waals surface area contributed by atoms with Crippen molar-refractivity contribution in [3.63, 3.8) is 0 Å². The molecule has 0 aromatic heterocycles. The van der Waals surface area contributed by atoms with Crippen molar-refractivity contribution in [1.82, 2.24) is 0 Å². The largest absolute Gasteiger partial charge is 0.508 e. The Hall–Kier alpha value is -1.77. The van der Waals surface area contributed by atoms with E-state index in [2.05, 4.69) is 27.7 Å². The highest BCUT2D eigenvalue weighted by Crippen LogP contribution is 2.74. The van der Waals surface area contributed by atoms with Gasteiger partial charge in [0.2, 0.25) is 0 Å². The third-order valence-electron chi connectivity index (χ3n) is 8.44. The van der Waals surface area contributed by atoms with Crippen LogP contribution in [0.2, 0.25) is 0 Å². The van der Waals surface area contributed by atoms with E-state index >= 15 is 0 Å². The number of aromatic hydroxyl groups is 1. The maximum Gasteiger partial charge on any atom is 0.331 e. The second-order valence-corrected chi connectivity index (χ2v) is 9.79. The van der Waals surface area contributed by atoms with Crippen molar-refractivity contribution in [3.05, 3.63) is 35.9 Å². The van der Waals surface area contributed by atoms with Crippen LogP contribution in [-0.2, 0) is 9.53 Å². The van der Waals surface area contributed by atoms with Gasteiger partial charge in [-0.25, -0.2) is 4.79 Å². The fraction of sp³-hybridized carbons (Fsp3) is 0.625. The van der Waals surface area contributed by atoms with Gasteiger partial charge in [-0.15, -0.1) is 0 Å². The minimum Gasteiger partial charge on any atom is -0.508 e. The number of benzene rings is 1. The second-order valence-electron chi connectivity index (χ2n) is 9.79. The number of carbonyl (C=O) groups excluding carboxylic acids is 1. The Morgan fingerprint density at radius 2 is 1.81 bits per heavy atom. The molecule has 0 saturated heterocycles. The summed E-state index contributed by atoms with van der Waals surface area (Å²) >= 11 is 0. The fourth-order valence-corrected chi connectivity index (χ4v) is 6.76. The molecule has 3 heteroatoms. The minimum atomic E-state index is -0.237. The molecule has 0 spiro atoms. The molecule has 3 aliphatic rings. The molecule has 1 aromatic carbocycles. The number of phenols is 1. The highest BCUT2D eigenvalue weighted by atomic mass is 16.5. The van der Waals surface area contributed by atoms with E-state index in [1.165, 1.54) is 25.7 Å². The van der Waals surface area contributed by atoms with Crippen LogP contribution in [-0.4, -0.2) is 17.2 Å². The lowest BCUT2D eigenvalue weighted by Gasteiger charge is -2.43. The average molecular weight is 369 g/mol. The van der Waals surface area contributed by atoms with Crippen molar-refractivity contribution < 1.29 is 14.6 Å². The van der Waals surface area contributed by atoms with Gasteiger partial charge in [0.05, 0.1) is 0 Å². The van der Waals surface area contributed by atoms with Crippen LogP contribution in [0.1, 0.15) is 58.9 Å². The van der Waals surface area contributed by atoms with Crippen LogP contribution in [0.15, 0.2) is 30.3 Å². The van der Waals surface area contributed by atoms with Crippen LogP contribution in [0.25, 0.3) is 6.08 Å². The lowest BCUT2D eigenvalue weighted by atomic mass is 9.61. The van der Waals surface area contributed by atoms with E-state index in [1.54, 1.807) is 36.4 Å². The van der Waals surface area contributed by atoms with Crippen molar-refractivity contribution >= 4 is 12.0 Å². The zero-order chi connectivity index (χ0) is 19.4. The molecule has 3 saturated carbocycles. The standard InChI is InChI=1S/C24H32O3/c1-15(2)18-11-13-23(3)19-12-14-24(23,4)22(21(18)19)27-20(26)10-7-16-5-8-17(25)9-6-16/h5-10,15,18-19,21-22,25H,11-14H2,1-4H3/b10-7+/t18-,19-,21-,22+,23+,24+/m0/s1. The van der Waals surface area contributed by atoms with E-state index in [9.17, 15) is 9.90 Å². The Morgan fingerprint density at radius 3 is 2.48 bits per heavy atom. The third kappa shape index (κ3) is 2.73. The number of esters is 1. The molecule has 4 rings (SSSR count). The number of hydrogen-bond acceptors (Lipinski definition) is 3. The predicted molar refractivity (Wildman–Crippen MR) is 107 cm³/mol. The highest BCUT2D eigenvalue weighted by molar-refractivity contribution is 5.87. The molecule has 27 heavy (non-hydrogen) atoms. The van der Waals surface area contributed by atoms with Crippen LogP contribution < -0.4 is 0 Å². The first-order valence-electron chi connectivity index (χ1n) is 10.4. The number of phenolic OH excluding ortho intramolecular Hbond substituents is 1. The Morgan fingerprint density at radius 1 is 1.15 bits per heavy atom. The fourth-order valence-electron chi connectivity index (χ4n) is 6.76. The van der Waals surface area contributed by atoms with Gasteiger partial charge in [0.25, 0.3) is 0 Å². The lowest BCUT2D eigenvalue weighted by molar-refractivity contribution is -0.155. The van der Waals surface area contributed by atoms with Gasteiger partial charge < -0.3 is 9.84 Å². The zero-order valence-electron chi connectivity index (χ0n) is 16.9. The number of rotatable bonds is 4. The van der Waals surface area contributed by atoms with Crippen LogP contribution in [0.3, 0.4) is 0 Å². The zero-order valence-corrected chi connectivity index (χ0v) is 16.9. The molecular formula is C24H32O3. The van der Waals surface area contributed by atoms with Crippen molar-refractivity contribution in [3.8, 4) is 5.75 Å². The van der Waals surface area contributed by atoms with Crippen molar-refractivity contribution in [2.75, 3.05) is 0 Å². The molecule has 0 heterocycles. The molecule has 6 atom stereocenters. The molecule has 1 aromatic rings. The van der Waals surface area contributed by atoms with E-state index in [0.717, 1.165) is 5.56 Å². The molecule has 0 amide bonds. The first-order chi connectivity index (χ1) is 12.8. The summed E-state index contributed by atoms with van der Waals surface area (Å²) in [5, 5.41) is 9.38. The molecule has 0 unspecified atom stereocenters. The monoisotopic (exact) mass is 368 g/mol. The summed E-state index contributed by atoms with van der Waals surface area (Å²) in [5.74, 6) is 2.49.